The van der Waals surface area contributed by atoms with E-state index in [1.807, 2.05) is 0 Å². The molecule has 0 aliphatic rings. The predicted octanol–water partition coefficient (Wildman–Crippen LogP) is 0.616. The molecule has 1 aromatic rings. The predicted molar refractivity (Wildman–Crippen MR) is 58.3 cm³/mol. The second-order valence-electron chi connectivity index (χ2n) is 3.08. The van der Waals surface area contributed by atoms with Crippen LogP contribution in [0.25, 0.3) is 0 Å². The third kappa shape index (κ3) is 5.06. The van der Waals surface area contributed by atoms with E-state index in [0.29, 0.717) is 38.0 Å². The van der Waals surface area contributed by atoms with Crippen LogP contribution in [-0.4, -0.2) is 43.6 Å². The first-order valence-corrected chi connectivity index (χ1v) is 5.13. The van der Waals surface area contributed by atoms with E-state index in [1.165, 1.54) is 0 Å². The maximum atomic E-state index is 8.87. The molecule has 0 unspecified atom stereocenters. The van der Waals surface area contributed by atoms with Crippen LogP contribution in [0, 0.1) is 0 Å². The summed E-state index contributed by atoms with van der Waals surface area (Å²) in [5, 5.41) is 8.87. The van der Waals surface area contributed by atoms with E-state index in [2.05, 4.69) is 4.98 Å². The van der Waals surface area contributed by atoms with Gasteiger partial charge in [0.15, 0.2) is 0 Å². The molecule has 1 rings (SSSR count). The van der Waals surface area contributed by atoms with Crippen LogP contribution in [0.3, 0.4) is 0 Å². The number of rotatable bonds is 8. The topological polar surface area (TPSA) is 60.8 Å². The molecule has 90 valence electrons. The van der Waals surface area contributed by atoms with Crippen LogP contribution in [0.2, 0.25) is 0 Å². The average molecular weight is 227 g/mol. The van der Waals surface area contributed by atoms with Crippen molar-refractivity contribution in [2.24, 2.45) is 0 Å². The number of aliphatic hydroxyl groups excluding tert-OH is 1. The van der Waals surface area contributed by atoms with Crippen molar-refractivity contribution < 1.29 is 19.3 Å². The van der Waals surface area contributed by atoms with Crippen LogP contribution in [0.1, 0.15) is 5.69 Å². The van der Waals surface area contributed by atoms with Crippen molar-refractivity contribution in [1.82, 2.24) is 4.98 Å². The third-order valence-electron chi connectivity index (χ3n) is 1.85. The number of methoxy groups -OCH3 is 1. The van der Waals surface area contributed by atoms with Crippen molar-refractivity contribution in [3.63, 3.8) is 0 Å². The zero-order valence-corrected chi connectivity index (χ0v) is 9.39. The van der Waals surface area contributed by atoms with Gasteiger partial charge in [0.1, 0.15) is 6.61 Å². The maximum absolute atomic E-state index is 8.87. The lowest BCUT2D eigenvalue weighted by Gasteiger charge is -2.06. The number of hydrogen-bond acceptors (Lipinski definition) is 5. The molecule has 5 heteroatoms. The Morgan fingerprint density at radius 1 is 1.19 bits per heavy atom. The first-order chi connectivity index (χ1) is 7.86. The van der Waals surface area contributed by atoms with Crippen LogP contribution in [0.15, 0.2) is 18.2 Å². The summed E-state index contributed by atoms with van der Waals surface area (Å²) in [5.41, 5.74) is 0.595. The highest BCUT2D eigenvalue weighted by atomic mass is 16.5. The lowest BCUT2D eigenvalue weighted by atomic mass is 10.4. The largest absolute Gasteiger partial charge is 0.475 e. The Hall–Kier alpha value is -1.17. The van der Waals surface area contributed by atoms with Gasteiger partial charge >= 0.3 is 0 Å². The van der Waals surface area contributed by atoms with Crippen molar-refractivity contribution in [3.05, 3.63) is 23.9 Å². The molecule has 0 amide bonds. The Bertz CT molecular complexity index is 293. The molecule has 5 nitrogen and oxygen atoms in total. The Morgan fingerprint density at radius 3 is 2.75 bits per heavy atom. The van der Waals surface area contributed by atoms with Gasteiger partial charge in [-0.05, 0) is 6.07 Å². The summed E-state index contributed by atoms with van der Waals surface area (Å²) in [6.45, 7) is 1.99. The normalized spacial score (nSPS) is 10.4. The fourth-order valence-electron chi connectivity index (χ4n) is 1.08. The van der Waals surface area contributed by atoms with Gasteiger partial charge in [0.25, 0.3) is 0 Å². The van der Waals surface area contributed by atoms with E-state index in [0.717, 1.165) is 0 Å². The Kier molecular flexibility index (Phi) is 6.48. The number of nitrogens with zero attached hydrogens (tertiary/aromatic N) is 1. The minimum absolute atomic E-state index is 0.0818. The van der Waals surface area contributed by atoms with Gasteiger partial charge in [-0.25, -0.2) is 4.98 Å². The van der Waals surface area contributed by atoms with Crippen molar-refractivity contribution in [2.75, 3.05) is 33.5 Å². The third-order valence-corrected chi connectivity index (χ3v) is 1.85. The summed E-state index contributed by atoms with van der Waals surface area (Å²) in [6.07, 6.45) is 0. The summed E-state index contributed by atoms with van der Waals surface area (Å²) in [4.78, 5) is 4.07. The number of pyridine rings is 1. The summed E-state index contributed by atoms with van der Waals surface area (Å²) in [5.74, 6) is 0.502. The number of aliphatic hydroxyl groups is 1. The minimum atomic E-state index is -0.0818. The highest BCUT2D eigenvalue weighted by molar-refractivity contribution is 5.15. The molecule has 1 aromatic heterocycles. The molecule has 16 heavy (non-hydrogen) atoms. The molecule has 0 aliphatic carbocycles. The zero-order chi connectivity index (χ0) is 11.6. The first-order valence-electron chi connectivity index (χ1n) is 5.13. The standard InChI is InChI=1S/C11H17NO4/c1-14-5-6-15-7-8-16-11-4-2-3-10(9-13)12-11/h2-4,13H,5-9H2,1H3. The van der Waals surface area contributed by atoms with Gasteiger partial charge in [-0.15, -0.1) is 0 Å². The maximum Gasteiger partial charge on any atom is 0.213 e. The van der Waals surface area contributed by atoms with E-state index in [-0.39, 0.29) is 6.61 Å². The summed E-state index contributed by atoms with van der Waals surface area (Å²) in [6, 6.07) is 5.27. The second-order valence-corrected chi connectivity index (χ2v) is 3.08. The molecule has 0 atom stereocenters. The zero-order valence-electron chi connectivity index (χ0n) is 9.39. The monoisotopic (exact) mass is 227 g/mol. The van der Waals surface area contributed by atoms with Gasteiger partial charge in [-0.2, -0.15) is 0 Å². The van der Waals surface area contributed by atoms with E-state index in [9.17, 15) is 0 Å². The second kappa shape index (κ2) is 8.04. The molecule has 0 aromatic carbocycles. The number of ether oxygens (including phenoxy) is 3. The Balaban J connectivity index is 2.16. The minimum Gasteiger partial charge on any atom is -0.475 e. The van der Waals surface area contributed by atoms with Crippen molar-refractivity contribution in [3.8, 4) is 5.88 Å². The molecule has 0 radical (unpaired) electrons. The van der Waals surface area contributed by atoms with Crippen LogP contribution in [0.5, 0.6) is 5.88 Å². The lowest BCUT2D eigenvalue weighted by molar-refractivity contribution is 0.0536. The van der Waals surface area contributed by atoms with Crippen LogP contribution < -0.4 is 4.74 Å². The molecule has 1 heterocycles. The smallest absolute Gasteiger partial charge is 0.213 e. The van der Waals surface area contributed by atoms with Gasteiger partial charge in [0, 0.05) is 13.2 Å². The Morgan fingerprint density at radius 2 is 2.00 bits per heavy atom. The molecule has 0 aliphatic heterocycles. The van der Waals surface area contributed by atoms with E-state index in [1.54, 1.807) is 25.3 Å². The van der Waals surface area contributed by atoms with Gasteiger partial charge in [0.2, 0.25) is 5.88 Å². The molecule has 0 spiro atoms. The van der Waals surface area contributed by atoms with Gasteiger partial charge in [-0.1, -0.05) is 6.07 Å². The lowest BCUT2D eigenvalue weighted by Crippen LogP contribution is -2.10. The quantitative estimate of drug-likeness (QED) is 0.659. The molecule has 0 saturated carbocycles. The SMILES string of the molecule is COCCOCCOc1cccc(CO)n1. The fourth-order valence-corrected chi connectivity index (χ4v) is 1.08. The Labute approximate surface area is 95.0 Å². The van der Waals surface area contributed by atoms with Crippen molar-refractivity contribution in [1.29, 1.82) is 0 Å². The molecule has 0 bridgehead atoms. The molecular formula is C11H17NO4. The average Bonchev–Trinajstić information content (AvgIpc) is 2.34. The first kappa shape index (κ1) is 12.9. The molecule has 0 fully saturated rings. The molecule has 1 N–H and O–H groups in total. The van der Waals surface area contributed by atoms with Crippen molar-refractivity contribution in [2.45, 2.75) is 6.61 Å². The summed E-state index contributed by atoms with van der Waals surface area (Å²) in [7, 11) is 1.63. The van der Waals surface area contributed by atoms with Crippen molar-refractivity contribution >= 4 is 0 Å². The highest BCUT2D eigenvalue weighted by Crippen LogP contribution is 2.07. The highest BCUT2D eigenvalue weighted by Gasteiger charge is 1.97. The van der Waals surface area contributed by atoms with Crippen LogP contribution in [-0.2, 0) is 16.1 Å². The van der Waals surface area contributed by atoms with Gasteiger partial charge in [-0.3, -0.25) is 0 Å². The summed E-state index contributed by atoms with van der Waals surface area (Å²) < 4.78 is 15.4. The van der Waals surface area contributed by atoms with Gasteiger partial charge < -0.3 is 19.3 Å². The van der Waals surface area contributed by atoms with Crippen LogP contribution >= 0.6 is 0 Å². The van der Waals surface area contributed by atoms with Crippen LogP contribution in [0.4, 0.5) is 0 Å². The molecular weight excluding hydrogens is 210 g/mol. The van der Waals surface area contributed by atoms with Gasteiger partial charge in [0.05, 0.1) is 32.1 Å². The van der Waals surface area contributed by atoms with E-state index < -0.39 is 0 Å². The number of aromatic nitrogens is 1. The molecule has 0 saturated heterocycles. The fraction of sp³-hybridized carbons (Fsp3) is 0.545. The van der Waals surface area contributed by atoms with E-state index >= 15 is 0 Å². The van der Waals surface area contributed by atoms with E-state index in [4.69, 9.17) is 19.3 Å². The number of hydrogen-bond donors (Lipinski definition) is 1. The summed E-state index contributed by atoms with van der Waals surface area (Å²) >= 11 is 0.